The lowest BCUT2D eigenvalue weighted by Gasteiger charge is -2.12. The minimum absolute atomic E-state index is 0.0919. The summed E-state index contributed by atoms with van der Waals surface area (Å²) < 4.78 is 6.93. The molecule has 2 aromatic rings. The zero-order valence-electron chi connectivity index (χ0n) is 14.4. The minimum atomic E-state index is -0.0919. The molecule has 1 spiro atoms. The Balaban J connectivity index is 1.46. The van der Waals surface area contributed by atoms with Crippen molar-refractivity contribution < 1.29 is 9.53 Å². The van der Waals surface area contributed by atoms with Gasteiger partial charge in [-0.15, -0.1) is 0 Å². The van der Waals surface area contributed by atoms with Crippen LogP contribution in [0.2, 0.25) is 0 Å². The summed E-state index contributed by atoms with van der Waals surface area (Å²) >= 11 is 0. The van der Waals surface area contributed by atoms with Crippen LogP contribution >= 0.6 is 0 Å². The smallest absolute Gasteiger partial charge is 0.258 e. The number of benzene rings is 1. The van der Waals surface area contributed by atoms with Crippen LogP contribution in [0, 0.1) is 12.8 Å². The molecule has 2 aliphatic rings. The van der Waals surface area contributed by atoms with Gasteiger partial charge in [-0.25, -0.2) is 4.68 Å². The molecule has 4 rings (SSSR count). The number of methoxy groups -OCH3 is 1. The van der Waals surface area contributed by atoms with Crippen molar-refractivity contribution in [2.24, 2.45) is 13.0 Å². The molecule has 0 bridgehead atoms. The Bertz CT molecular complexity index is 811. The van der Waals surface area contributed by atoms with Crippen molar-refractivity contribution in [1.82, 2.24) is 15.1 Å². The van der Waals surface area contributed by atoms with E-state index < -0.39 is 0 Å². The molecule has 1 amide bonds. The fourth-order valence-corrected chi connectivity index (χ4v) is 4.44. The monoisotopic (exact) mass is 325 g/mol. The van der Waals surface area contributed by atoms with Gasteiger partial charge in [-0.05, 0) is 43.2 Å². The van der Waals surface area contributed by atoms with E-state index in [1.54, 1.807) is 18.8 Å². The average molecular weight is 325 g/mol. The van der Waals surface area contributed by atoms with Crippen LogP contribution < -0.4 is 10.1 Å². The van der Waals surface area contributed by atoms with Gasteiger partial charge < -0.3 is 10.1 Å². The summed E-state index contributed by atoms with van der Waals surface area (Å²) in [5.41, 5.74) is 4.53. The van der Waals surface area contributed by atoms with Gasteiger partial charge in [-0.3, -0.25) is 4.79 Å². The highest BCUT2D eigenvalue weighted by atomic mass is 16.5. The molecular formula is C19H23N3O2. The van der Waals surface area contributed by atoms with Gasteiger partial charge in [0.15, 0.2) is 0 Å². The van der Waals surface area contributed by atoms with E-state index >= 15 is 0 Å². The molecule has 126 valence electrons. The zero-order chi connectivity index (χ0) is 16.9. The fraction of sp³-hybridized carbons (Fsp3) is 0.474. The van der Waals surface area contributed by atoms with E-state index in [1.807, 2.05) is 6.92 Å². The van der Waals surface area contributed by atoms with Crippen molar-refractivity contribution in [2.45, 2.75) is 31.6 Å². The van der Waals surface area contributed by atoms with Gasteiger partial charge in [-0.1, -0.05) is 24.3 Å². The average Bonchev–Trinajstić information content (AvgIpc) is 3.04. The number of carbonyl (C=O) groups excluding carboxylic acids is 1. The third kappa shape index (κ3) is 2.14. The van der Waals surface area contributed by atoms with Gasteiger partial charge in [-0.2, -0.15) is 5.10 Å². The zero-order valence-corrected chi connectivity index (χ0v) is 14.4. The van der Waals surface area contributed by atoms with Crippen LogP contribution in [0.15, 0.2) is 24.3 Å². The summed E-state index contributed by atoms with van der Waals surface area (Å²) in [7, 11) is 3.35. The van der Waals surface area contributed by atoms with Crippen molar-refractivity contribution >= 4 is 5.91 Å². The van der Waals surface area contributed by atoms with Gasteiger partial charge in [0.05, 0.1) is 12.8 Å². The van der Waals surface area contributed by atoms with Gasteiger partial charge in [0.1, 0.15) is 5.56 Å². The quantitative estimate of drug-likeness (QED) is 0.939. The molecule has 1 fully saturated rings. The molecule has 1 aromatic carbocycles. The molecule has 1 aromatic heterocycles. The van der Waals surface area contributed by atoms with E-state index in [-0.39, 0.29) is 5.91 Å². The first-order valence-electron chi connectivity index (χ1n) is 8.51. The van der Waals surface area contributed by atoms with Crippen molar-refractivity contribution in [3.8, 4) is 5.88 Å². The maximum Gasteiger partial charge on any atom is 0.258 e. The Morgan fingerprint density at radius 1 is 1.46 bits per heavy atom. The number of fused-ring (bicyclic) bond motifs is 2. The van der Waals surface area contributed by atoms with Crippen molar-refractivity contribution in [1.29, 1.82) is 0 Å². The number of carbonyl (C=O) groups is 1. The first-order valence-corrected chi connectivity index (χ1v) is 8.51. The topological polar surface area (TPSA) is 56.1 Å². The second-order valence-electron chi connectivity index (χ2n) is 7.02. The molecule has 0 saturated heterocycles. The van der Waals surface area contributed by atoms with Crippen molar-refractivity contribution in [2.75, 3.05) is 13.7 Å². The highest BCUT2D eigenvalue weighted by Gasteiger charge is 2.57. The van der Waals surface area contributed by atoms with Crippen LogP contribution in [0.25, 0.3) is 0 Å². The summed E-state index contributed by atoms with van der Waals surface area (Å²) in [5.74, 6) is 0.959. The van der Waals surface area contributed by atoms with Crippen LogP contribution in [0.3, 0.4) is 0 Å². The molecule has 5 nitrogen and oxygen atoms in total. The first kappa shape index (κ1) is 15.2. The normalized spacial score (nSPS) is 24.0. The Morgan fingerprint density at radius 3 is 3.04 bits per heavy atom. The van der Waals surface area contributed by atoms with Gasteiger partial charge in [0.2, 0.25) is 5.88 Å². The molecule has 2 atom stereocenters. The maximum absolute atomic E-state index is 12.6. The number of nitrogens with one attached hydrogen (secondary N) is 1. The highest BCUT2D eigenvalue weighted by Crippen LogP contribution is 2.61. The van der Waals surface area contributed by atoms with Gasteiger partial charge in [0.25, 0.3) is 5.91 Å². The third-order valence-corrected chi connectivity index (χ3v) is 5.73. The van der Waals surface area contributed by atoms with Crippen LogP contribution in [0.4, 0.5) is 0 Å². The molecular weight excluding hydrogens is 302 g/mol. The summed E-state index contributed by atoms with van der Waals surface area (Å²) in [4.78, 5) is 12.6. The molecule has 1 saturated carbocycles. The first-order chi connectivity index (χ1) is 11.6. The van der Waals surface area contributed by atoms with E-state index in [4.69, 9.17) is 4.74 Å². The summed E-state index contributed by atoms with van der Waals surface area (Å²) in [6, 6.07) is 8.75. The predicted octanol–water partition coefficient (Wildman–Crippen LogP) is 2.37. The largest absolute Gasteiger partial charge is 0.481 e. The number of hydrogen-bond donors (Lipinski definition) is 1. The predicted molar refractivity (Wildman–Crippen MR) is 91.4 cm³/mol. The number of amides is 1. The third-order valence-electron chi connectivity index (χ3n) is 5.73. The van der Waals surface area contributed by atoms with Gasteiger partial charge >= 0.3 is 0 Å². The molecule has 0 radical (unpaired) electrons. The van der Waals surface area contributed by atoms with Crippen LogP contribution in [0.5, 0.6) is 5.88 Å². The second kappa shape index (κ2) is 5.36. The van der Waals surface area contributed by atoms with E-state index in [2.05, 4.69) is 34.7 Å². The van der Waals surface area contributed by atoms with E-state index in [1.165, 1.54) is 24.0 Å². The lowest BCUT2D eigenvalue weighted by Crippen LogP contribution is -2.28. The molecule has 0 aliphatic heterocycles. The SMILES string of the molecule is COc1c(C(=O)NC[C@@H]2C[C@]23CCc2ccccc23)c(C)nn1C. The maximum atomic E-state index is 12.6. The molecule has 1 heterocycles. The lowest BCUT2D eigenvalue weighted by atomic mass is 9.95. The van der Waals surface area contributed by atoms with Crippen LogP contribution in [0.1, 0.15) is 40.0 Å². The molecule has 24 heavy (non-hydrogen) atoms. The number of nitrogens with zero attached hydrogens (tertiary/aromatic N) is 2. The minimum Gasteiger partial charge on any atom is -0.481 e. The number of rotatable bonds is 4. The highest BCUT2D eigenvalue weighted by molar-refractivity contribution is 5.97. The number of ether oxygens (including phenoxy) is 1. The van der Waals surface area contributed by atoms with Gasteiger partial charge in [0, 0.05) is 19.0 Å². The van der Waals surface area contributed by atoms with E-state index in [0.717, 1.165) is 6.42 Å². The molecule has 1 N–H and O–H groups in total. The summed E-state index contributed by atoms with van der Waals surface area (Å²) in [6.07, 6.45) is 3.55. The summed E-state index contributed by atoms with van der Waals surface area (Å²) in [6.45, 7) is 2.55. The molecule has 2 aliphatic carbocycles. The Kier molecular flexibility index (Phi) is 3.41. The summed E-state index contributed by atoms with van der Waals surface area (Å²) in [5, 5.41) is 7.38. The molecule has 5 heteroatoms. The van der Waals surface area contributed by atoms with E-state index in [0.29, 0.717) is 35.0 Å². The van der Waals surface area contributed by atoms with Crippen LogP contribution in [-0.2, 0) is 18.9 Å². The number of hydrogen-bond acceptors (Lipinski definition) is 3. The van der Waals surface area contributed by atoms with Crippen LogP contribution in [-0.4, -0.2) is 29.3 Å². The van der Waals surface area contributed by atoms with E-state index in [9.17, 15) is 4.79 Å². The number of aryl methyl sites for hydroxylation is 3. The molecule has 0 unspecified atom stereocenters. The Hall–Kier alpha value is -2.30. The van der Waals surface area contributed by atoms with Crippen molar-refractivity contribution in [3.05, 3.63) is 46.6 Å². The second-order valence-corrected chi connectivity index (χ2v) is 7.02. The Morgan fingerprint density at radius 2 is 2.25 bits per heavy atom. The van der Waals surface area contributed by atoms with Crippen molar-refractivity contribution in [3.63, 3.8) is 0 Å². The standard InChI is InChI=1S/C19H23N3O2/c1-12-16(18(24-3)22(2)21-12)17(23)20-11-14-10-19(14)9-8-13-6-4-5-7-15(13)19/h4-7,14H,8-11H2,1-3H3,(H,20,23)/t14-,19+/m0/s1. The Labute approximate surface area is 142 Å². The lowest BCUT2D eigenvalue weighted by molar-refractivity contribution is 0.0947. The number of aromatic nitrogens is 2. The fourth-order valence-electron chi connectivity index (χ4n) is 4.44.